The van der Waals surface area contributed by atoms with Gasteiger partial charge in [-0.25, -0.2) is 0 Å². The maximum absolute atomic E-state index is 13.5. The van der Waals surface area contributed by atoms with Crippen LogP contribution in [0, 0.1) is 0 Å². The fourth-order valence-corrected chi connectivity index (χ4v) is 10.8. The first-order valence-electron chi connectivity index (χ1n) is 35.1. The van der Waals surface area contributed by atoms with E-state index in [0.717, 1.165) is 77.0 Å². The number of nitrogens with one attached hydrogen (secondary N) is 1. The molecule has 0 aromatic carbocycles. The van der Waals surface area contributed by atoms with E-state index < -0.39 is 67.4 Å². The topological polar surface area (TPSA) is 175 Å². The number of hydrogen-bond acceptors (Lipinski definition) is 10. The van der Waals surface area contributed by atoms with Crippen molar-refractivity contribution < 1.29 is 49.3 Å². The molecule has 0 radical (unpaired) electrons. The van der Waals surface area contributed by atoms with Gasteiger partial charge in [0, 0.05) is 6.42 Å². The fraction of sp³-hybridized carbons (Fsp3) is 0.833. The average molecular weight is 1170 g/mol. The van der Waals surface area contributed by atoms with E-state index in [9.17, 15) is 35.1 Å². The number of ether oxygens (including phenoxy) is 3. The van der Waals surface area contributed by atoms with Crippen molar-refractivity contribution in [1.82, 2.24) is 5.32 Å². The van der Waals surface area contributed by atoms with Gasteiger partial charge in [0.2, 0.25) is 5.91 Å². The zero-order valence-electron chi connectivity index (χ0n) is 53.8. The molecule has 0 aromatic heterocycles. The molecule has 11 heteroatoms. The van der Waals surface area contributed by atoms with Crippen LogP contribution in [0.15, 0.2) is 60.8 Å². The minimum atomic E-state index is -1.61. The first kappa shape index (κ1) is 78.4. The van der Waals surface area contributed by atoms with Gasteiger partial charge < -0.3 is 45.1 Å². The standard InChI is InChI=1S/C72H131NO10/c1-4-7-10-13-16-19-22-24-26-28-30-31-32-33-34-36-37-39-41-44-47-50-53-56-59-65(76)71(80)73-63(64(75)58-55-52-49-46-43-21-18-15-12-9-6-3)62-81-72-70(69(79)68(78)66(61-74)82-72)83-67(77)60-57-54-51-48-45-42-40-38-35-29-27-25-23-20-17-14-11-8-5-2/h16,19,24-27,30-31,55,58,63-66,68-70,72,74-76,78-79H,4-15,17-18,20-23,28-29,32-54,56-57,59-62H2,1-3H3,(H,73,80)/b19-16-,26-24-,27-25+,31-30-,58-55+. The summed E-state index contributed by atoms with van der Waals surface area (Å²) in [7, 11) is 0. The lowest BCUT2D eigenvalue weighted by Crippen LogP contribution is -2.61. The molecule has 1 amide bonds. The van der Waals surface area contributed by atoms with E-state index in [4.69, 9.17) is 14.2 Å². The number of carbonyl (C=O) groups excluding carboxylic acids is 2. The van der Waals surface area contributed by atoms with E-state index >= 15 is 0 Å². The fourth-order valence-electron chi connectivity index (χ4n) is 10.8. The zero-order chi connectivity index (χ0) is 60.3. The third-order valence-corrected chi connectivity index (χ3v) is 16.4. The summed E-state index contributed by atoms with van der Waals surface area (Å²) < 4.78 is 17.7. The van der Waals surface area contributed by atoms with Crippen LogP contribution in [0.2, 0.25) is 0 Å². The molecule has 0 spiro atoms. The van der Waals surface area contributed by atoms with Crippen LogP contribution < -0.4 is 5.32 Å². The number of hydrogen-bond donors (Lipinski definition) is 6. The van der Waals surface area contributed by atoms with E-state index in [1.165, 1.54) is 199 Å². The smallest absolute Gasteiger partial charge is 0.306 e. The Kier molecular flexibility index (Phi) is 56.4. The first-order chi connectivity index (χ1) is 40.7. The molecular weight excluding hydrogens is 1040 g/mol. The molecule has 1 aliphatic heterocycles. The number of unbranched alkanes of at least 4 members (excludes halogenated alkanes) is 38. The normalized spacial score (nSPS) is 18.9. The van der Waals surface area contributed by atoms with Crippen molar-refractivity contribution in [1.29, 1.82) is 0 Å². The third-order valence-electron chi connectivity index (χ3n) is 16.4. The number of carbonyl (C=O) groups is 2. The Hall–Kier alpha value is -2.64. The van der Waals surface area contributed by atoms with E-state index in [1.807, 2.05) is 6.08 Å². The Morgan fingerprint density at radius 1 is 0.470 bits per heavy atom. The van der Waals surface area contributed by atoms with Crippen molar-refractivity contribution in [2.45, 2.75) is 372 Å². The molecule has 484 valence electrons. The highest BCUT2D eigenvalue weighted by Gasteiger charge is 2.47. The van der Waals surface area contributed by atoms with Gasteiger partial charge >= 0.3 is 5.97 Å². The third kappa shape index (κ3) is 47.2. The minimum Gasteiger partial charge on any atom is -0.454 e. The lowest BCUT2D eigenvalue weighted by molar-refractivity contribution is -0.305. The van der Waals surface area contributed by atoms with Gasteiger partial charge in [0.05, 0.1) is 25.4 Å². The van der Waals surface area contributed by atoms with E-state index in [0.29, 0.717) is 12.8 Å². The van der Waals surface area contributed by atoms with Gasteiger partial charge in [-0.2, -0.15) is 0 Å². The van der Waals surface area contributed by atoms with Crippen LogP contribution in [-0.2, 0) is 23.8 Å². The second-order valence-electron chi connectivity index (χ2n) is 24.3. The molecule has 1 saturated heterocycles. The molecule has 8 unspecified atom stereocenters. The van der Waals surface area contributed by atoms with Gasteiger partial charge in [0.1, 0.15) is 24.4 Å². The van der Waals surface area contributed by atoms with Crippen molar-refractivity contribution in [2.24, 2.45) is 0 Å². The Labute approximate surface area is 509 Å². The largest absolute Gasteiger partial charge is 0.454 e. The van der Waals surface area contributed by atoms with Crippen LogP contribution in [0.1, 0.15) is 323 Å². The second kappa shape index (κ2) is 59.7. The summed E-state index contributed by atoms with van der Waals surface area (Å²) in [4.78, 5) is 26.6. The predicted octanol–water partition coefficient (Wildman–Crippen LogP) is 17.7. The summed E-state index contributed by atoms with van der Waals surface area (Å²) in [5.74, 6) is -1.19. The van der Waals surface area contributed by atoms with Crippen LogP contribution in [0.3, 0.4) is 0 Å². The van der Waals surface area contributed by atoms with Gasteiger partial charge in [-0.15, -0.1) is 0 Å². The lowest BCUT2D eigenvalue weighted by atomic mass is 9.99. The highest BCUT2D eigenvalue weighted by Crippen LogP contribution is 2.26. The van der Waals surface area contributed by atoms with Crippen LogP contribution in [0.5, 0.6) is 0 Å². The van der Waals surface area contributed by atoms with Crippen LogP contribution in [-0.4, -0.2) is 99.6 Å². The molecule has 11 nitrogen and oxygen atoms in total. The molecule has 0 aromatic rings. The number of amides is 1. The molecule has 8 atom stereocenters. The molecule has 1 rings (SSSR count). The van der Waals surface area contributed by atoms with E-state index in [2.05, 4.69) is 74.7 Å². The highest BCUT2D eigenvalue weighted by atomic mass is 16.7. The first-order valence-corrected chi connectivity index (χ1v) is 35.1. The summed E-state index contributed by atoms with van der Waals surface area (Å²) >= 11 is 0. The molecule has 6 N–H and O–H groups in total. The monoisotopic (exact) mass is 1170 g/mol. The van der Waals surface area contributed by atoms with E-state index in [-0.39, 0.29) is 19.4 Å². The van der Waals surface area contributed by atoms with Crippen molar-refractivity contribution in [2.75, 3.05) is 13.2 Å². The quantitative estimate of drug-likeness (QED) is 0.0195. The SMILES string of the molecule is CCCCC/C=C\C/C=C\C/C=C\CCCCCCCCCCCCCC(O)C(=O)NC(COC1OC(CO)C(O)C(O)C1OC(=O)CCCCCCCCCCC/C=C/CCCCCCCC)C(O)/C=C/CCCCCCCCCCC. The van der Waals surface area contributed by atoms with Gasteiger partial charge in [0.15, 0.2) is 12.4 Å². The van der Waals surface area contributed by atoms with Crippen molar-refractivity contribution in [3.63, 3.8) is 0 Å². The second-order valence-corrected chi connectivity index (χ2v) is 24.3. The van der Waals surface area contributed by atoms with Crippen LogP contribution in [0.4, 0.5) is 0 Å². The summed E-state index contributed by atoms with van der Waals surface area (Å²) in [6.07, 6.45) is 65.4. The van der Waals surface area contributed by atoms with Crippen molar-refractivity contribution in [3.8, 4) is 0 Å². The number of allylic oxidation sites excluding steroid dienone is 9. The Morgan fingerprint density at radius 3 is 1.28 bits per heavy atom. The number of rotatable bonds is 60. The lowest BCUT2D eigenvalue weighted by Gasteiger charge is -2.41. The van der Waals surface area contributed by atoms with Gasteiger partial charge in [-0.3, -0.25) is 9.59 Å². The molecule has 0 aliphatic carbocycles. The van der Waals surface area contributed by atoms with Gasteiger partial charge in [-0.05, 0) is 89.9 Å². The summed E-state index contributed by atoms with van der Waals surface area (Å²) in [5.41, 5.74) is 0. The molecular formula is C72H131NO10. The zero-order valence-corrected chi connectivity index (χ0v) is 53.8. The van der Waals surface area contributed by atoms with Gasteiger partial charge in [0.25, 0.3) is 0 Å². The Morgan fingerprint density at radius 2 is 0.831 bits per heavy atom. The van der Waals surface area contributed by atoms with E-state index in [1.54, 1.807) is 6.08 Å². The van der Waals surface area contributed by atoms with Crippen molar-refractivity contribution in [3.05, 3.63) is 60.8 Å². The number of esters is 1. The predicted molar refractivity (Wildman–Crippen MR) is 347 cm³/mol. The molecule has 0 saturated carbocycles. The average Bonchev–Trinajstić information content (AvgIpc) is 3.52. The molecule has 0 bridgehead atoms. The highest BCUT2D eigenvalue weighted by molar-refractivity contribution is 5.80. The molecule has 1 aliphatic rings. The Balaban J connectivity index is 2.57. The molecule has 83 heavy (non-hydrogen) atoms. The summed E-state index contributed by atoms with van der Waals surface area (Å²) in [5, 5.41) is 57.2. The maximum atomic E-state index is 13.5. The molecule has 1 fully saturated rings. The van der Waals surface area contributed by atoms with Crippen LogP contribution >= 0.6 is 0 Å². The molecule has 1 heterocycles. The number of aliphatic hydroxyl groups is 5. The Bertz CT molecular complexity index is 1580. The van der Waals surface area contributed by atoms with Gasteiger partial charge in [-0.1, -0.05) is 287 Å². The number of aliphatic hydroxyl groups excluding tert-OH is 5. The summed E-state index contributed by atoms with van der Waals surface area (Å²) in [6.45, 7) is 5.78. The van der Waals surface area contributed by atoms with Crippen molar-refractivity contribution >= 4 is 11.9 Å². The minimum absolute atomic E-state index is 0.122. The maximum Gasteiger partial charge on any atom is 0.306 e. The van der Waals surface area contributed by atoms with Crippen LogP contribution in [0.25, 0.3) is 0 Å². The summed E-state index contributed by atoms with van der Waals surface area (Å²) in [6, 6.07) is -1.03.